The van der Waals surface area contributed by atoms with Gasteiger partial charge in [0.1, 0.15) is 0 Å². The number of ether oxygens (including phenoxy) is 1. The Labute approximate surface area is 64.1 Å². The molecule has 0 aliphatic carbocycles. The molecule has 0 bridgehead atoms. The highest BCUT2D eigenvalue weighted by atomic mass is 16.5. The van der Waals surface area contributed by atoms with Crippen molar-refractivity contribution in [1.82, 2.24) is 0 Å². The first-order valence-corrected chi connectivity index (χ1v) is 3.99. The molecule has 0 spiro atoms. The molecule has 0 aromatic rings. The van der Waals surface area contributed by atoms with Crippen LogP contribution in [0.1, 0.15) is 34.1 Å². The average molecular weight is 142 g/mol. The van der Waals surface area contributed by atoms with E-state index in [1.807, 2.05) is 13.0 Å². The Balaban J connectivity index is 3.60. The zero-order valence-electron chi connectivity index (χ0n) is 7.42. The van der Waals surface area contributed by atoms with Crippen molar-refractivity contribution in [3.05, 3.63) is 12.3 Å². The summed E-state index contributed by atoms with van der Waals surface area (Å²) >= 11 is 0. The fourth-order valence-electron chi connectivity index (χ4n) is 0.904. The molecule has 1 nitrogen and oxygen atoms in total. The summed E-state index contributed by atoms with van der Waals surface area (Å²) in [5.41, 5.74) is 0. The summed E-state index contributed by atoms with van der Waals surface area (Å²) in [6, 6.07) is 0. The predicted octanol–water partition coefficient (Wildman–Crippen LogP) is 2.97. The summed E-state index contributed by atoms with van der Waals surface area (Å²) in [5, 5.41) is 0. The molecule has 1 heteroatoms. The summed E-state index contributed by atoms with van der Waals surface area (Å²) < 4.78 is 5.42. The predicted molar refractivity (Wildman–Crippen MR) is 44.8 cm³/mol. The molecular weight excluding hydrogens is 124 g/mol. The molecule has 0 aromatic heterocycles. The fraction of sp³-hybridized carbons (Fsp3) is 0.778. The van der Waals surface area contributed by atoms with Crippen LogP contribution in [0.3, 0.4) is 0 Å². The van der Waals surface area contributed by atoms with Crippen LogP contribution in [0.2, 0.25) is 0 Å². The van der Waals surface area contributed by atoms with Gasteiger partial charge in [0.25, 0.3) is 0 Å². The lowest BCUT2D eigenvalue weighted by Crippen LogP contribution is -2.15. The van der Waals surface area contributed by atoms with Gasteiger partial charge in [-0.3, -0.25) is 0 Å². The molecule has 0 aromatic carbocycles. The third kappa shape index (κ3) is 3.54. The van der Waals surface area contributed by atoms with E-state index in [2.05, 4.69) is 20.8 Å². The third-order valence-electron chi connectivity index (χ3n) is 1.54. The van der Waals surface area contributed by atoms with Crippen molar-refractivity contribution in [3.63, 3.8) is 0 Å². The molecule has 0 heterocycles. The lowest BCUT2D eigenvalue weighted by Gasteiger charge is -2.17. The Morgan fingerprint density at radius 2 is 2.00 bits per heavy atom. The average Bonchev–Trinajstić information content (AvgIpc) is 1.89. The van der Waals surface area contributed by atoms with Gasteiger partial charge in [0.15, 0.2) is 0 Å². The van der Waals surface area contributed by atoms with Crippen LogP contribution in [-0.4, -0.2) is 6.10 Å². The minimum absolute atomic E-state index is 0.385. The van der Waals surface area contributed by atoms with Crippen molar-refractivity contribution in [2.75, 3.05) is 0 Å². The van der Waals surface area contributed by atoms with E-state index in [0.717, 1.165) is 6.42 Å². The maximum atomic E-state index is 5.42. The van der Waals surface area contributed by atoms with Crippen LogP contribution in [0.25, 0.3) is 0 Å². The summed E-state index contributed by atoms with van der Waals surface area (Å²) in [6.45, 7) is 8.47. The number of hydrogen-bond donors (Lipinski definition) is 0. The smallest absolute Gasteiger partial charge is 0.0998 e. The zero-order valence-corrected chi connectivity index (χ0v) is 7.42. The number of hydrogen-bond acceptors (Lipinski definition) is 1. The number of allylic oxidation sites excluding steroid dienone is 1. The van der Waals surface area contributed by atoms with E-state index in [1.165, 1.54) is 0 Å². The van der Waals surface area contributed by atoms with Gasteiger partial charge in [0.05, 0.1) is 12.4 Å². The molecule has 1 unspecified atom stereocenters. The Kier molecular flexibility index (Phi) is 5.09. The Bertz CT molecular complexity index is 94.9. The van der Waals surface area contributed by atoms with E-state index in [0.29, 0.717) is 12.0 Å². The van der Waals surface area contributed by atoms with Crippen LogP contribution in [0.15, 0.2) is 12.3 Å². The molecule has 10 heavy (non-hydrogen) atoms. The fourth-order valence-corrected chi connectivity index (χ4v) is 0.904. The summed E-state index contributed by atoms with van der Waals surface area (Å²) in [4.78, 5) is 0. The molecule has 0 aliphatic heterocycles. The van der Waals surface area contributed by atoms with Crippen molar-refractivity contribution >= 4 is 0 Å². The van der Waals surface area contributed by atoms with Gasteiger partial charge in [-0.2, -0.15) is 0 Å². The highest BCUT2D eigenvalue weighted by Gasteiger charge is 2.08. The van der Waals surface area contributed by atoms with Gasteiger partial charge in [0.2, 0.25) is 0 Å². The van der Waals surface area contributed by atoms with Crippen LogP contribution in [0, 0.1) is 5.92 Å². The van der Waals surface area contributed by atoms with Crippen molar-refractivity contribution in [2.24, 2.45) is 5.92 Å². The Morgan fingerprint density at radius 3 is 2.30 bits per heavy atom. The van der Waals surface area contributed by atoms with Gasteiger partial charge < -0.3 is 4.74 Å². The minimum Gasteiger partial charge on any atom is -0.498 e. The molecule has 0 N–H and O–H groups in total. The highest BCUT2D eigenvalue weighted by Crippen LogP contribution is 2.09. The molecule has 60 valence electrons. The second kappa shape index (κ2) is 5.33. The normalized spacial score (nSPS) is 14.5. The molecule has 0 aliphatic rings. The molecule has 0 fully saturated rings. The van der Waals surface area contributed by atoms with Gasteiger partial charge in [-0.1, -0.05) is 26.8 Å². The molecule has 1 atom stereocenters. The van der Waals surface area contributed by atoms with Crippen molar-refractivity contribution < 1.29 is 4.74 Å². The minimum atomic E-state index is 0.385. The maximum absolute atomic E-state index is 5.42. The van der Waals surface area contributed by atoms with E-state index in [1.54, 1.807) is 6.26 Å². The van der Waals surface area contributed by atoms with Crippen LogP contribution in [-0.2, 0) is 4.74 Å². The second-order valence-electron chi connectivity index (χ2n) is 2.80. The molecular formula is C9H18O. The standard InChI is InChI=1S/C9H18O/c1-5-7-10-9(6-2)8(3)4/h5,7-9H,6H2,1-4H3/b7-5-. The lowest BCUT2D eigenvalue weighted by atomic mass is 10.1. The largest absolute Gasteiger partial charge is 0.498 e. The van der Waals surface area contributed by atoms with Gasteiger partial charge >= 0.3 is 0 Å². The van der Waals surface area contributed by atoms with E-state index >= 15 is 0 Å². The van der Waals surface area contributed by atoms with Gasteiger partial charge in [-0.05, 0) is 19.3 Å². The van der Waals surface area contributed by atoms with Crippen LogP contribution < -0.4 is 0 Å². The van der Waals surface area contributed by atoms with E-state index < -0.39 is 0 Å². The van der Waals surface area contributed by atoms with E-state index in [4.69, 9.17) is 4.74 Å². The second-order valence-corrected chi connectivity index (χ2v) is 2.80. The van der Waals surface area contributed by atoms with Gasteiger partial charge in [-0.15, -0.1) is 0 Å². The molecule has 0 rings (SSSR count). The Morgan fingerprint density at radius 1 is 1.40 bits per heavy atom. The van der Waals surface area contributed by atoms with Crippen LogP contribution >= 0.6 is 0 Å². The summed E-state index contributed by atoms with van der Waals surface area (Å²) in [6.07, 6.45) is 5.16. The number of rotatable bonds is 4. The zero-order chi connectivity index (χ0) is 7.98. The van der Waals surface area contributed by atoms with Gasteiger partial charge in [-0.25, -0.2) is 0 Å². The van der Waals surface area contributed by atoms with Crippen molar-refractivity contribution in [2.45, 2.75) is 40.2 Å². The molecule has 0 amide bonds. The first kappa shape index (κ1) is 9.54. The molecule has 0 radical (unpaired) electrons. The molecule has 0 saturated heterocycles. The van der Waals surface area contributed by atoms with E-state index in [-0.39, 0.29) is 0 Å². The maximum Gasteiger partial charge on any atom is 0.0998 e. The first-order chi connectivity index (χ1) is 4.72. The van der Waals surface area contributed by atoms with Crippen molar-refractivity contribution in [1.29, 1.82) is 0 Å². The first-order valence-electron chi connectivity index (χ1n) is 3.99. The molecule has 0 saturated carbocycles. The SMILES string of the molecule is C/C=C\OC(CC)C(C)C. The van der Waals surface area contributed by atoms with Gasteiger partial charge in [0, 0.05) is 0 Å². The topological polar surface area (TPSA) is 9.23 Å². The summed E-state index contributed by atoms with van der Waals surface area (Å²) in [5.74, 6) is 0.612. The lowest BCUT2D eigenvalue weighted by molar-refractivity contribution is 0.0971. The highest BCUT2D eigenvalue weighted by molar-refractivity contribution is 4.70. The van der Waals surface area contributed by atoms with Crippen LogP contribution in [0.4, 0.5) is 0 Å². The monoisotopic (exact) mass is 142 g/mol. The van der Waals surface area contributed by atoms with E-state index in [9.17, 15) is 0 Å². The quantitative estimate of drug-likeness (QED) is 0.548. The Hall–Kier alpha value is -0.460. The third-order valence-corrected chi connectivity index (χ3v) is 1.54. The van der Waals surface area contributed by atoms with Crippen molar-refractivity contribution in [3.8, 4) is 0 Å². The summed E-state index contributed by atoms with van der Waals surface area (Å²) in [7, 11) is 0. The van der Waals surface area contributed by atoms with Crippen LogP contribution in [0.5, 0.6) is 0 Å².